The molecule has 1 aromatic rings. The van der Waals surface area contributed by atoms with Gasteiger partial charge in [-0.1, -0.05) is 0 Å². The van der Waals surface area contributed by atoms with Gasteiger partial charge in [-0.05, 0) is 0 Å². The van der Waals surface area contributed by atoms with E-state index in [-0.39, 0.29) is 18.5 Å². The Morgan fingerprint density at radius 1 is 1.64 bits per heavy atom. The summed E-state index contributed by atoms with van der Waals surface area (Å²) in [4.78, 5) is 14.0. The molecule has 1 heterocycles. The molecular formula is C8H8F2N2O2. The quantitative estimate of drug-likeness (QED) is 0.717. The molecule has 0 bridgehead atoms. The molecule has 0 saturated heterocycles. The minimum atomic E-state index is -2.85. The first kappa shape index (κ1) is 10.5. The molecule has 0 atom stereocenters. The van der Waals surface area contributed by atoms with Gasteiger partial charge in [-0.2, -0.15) is 0 Å². The molecule has 1 aromatic heterocycles. The molecule has 0 aliphatic heterocycles. The van der Waals surface area contributed by atoms with E-state index < -0.39 is 23.3 Å². The lowest BCUT2D eigenvalue weighted by Gasteiger charge is -2.07. The lowest BCUT2D eigenvalue weighted by atomic mass is 10.1. The van der Waals surface area contributed by atoms with Crippen molar-refractivity contribution < 1.29 is 18.7 Å². The smallest absolute Gasteiger partial charge is 0.266 e. The highest BCUT2D eigenvalue weighted by Gasteiger charge is 2.18. The second kappa shape index (κ2) is 4.10. The Hall–Kier alpha value is -1.56. The number of aromatic nitrogens is 1. The summed E-state index contributed by atoms with van der Waals surface area (Å²) in [5.74, 6) is -0.569. The predicted octanol–water partition coefficient (Wildman–Crippen LogP) is 0.996. The van der Waals surface area contributed by atoms with Crippen LogP contribution in [0.1, 0.15) is 28.0 Å². The molecule has 0 fully saturated rings. The second-order valence-electron chi connectivity index (χ2n) is 2.55. The van der Waals surface area contributed by atoms with E-state index in [4.69, 9.17) is 5.73 Å². The van der Waals surface area contributed by atoms with Crippen molar-refractivity contribution in [3.05, 3.63) is 23.0 Å². The monoisotopic (exact) mass is 202 g/mol. The van der Waals surface area contributed by atoms with Crippen molar-refractivity contribution in [1.29, 1.82) is 0 Å². The topological polar surface area (TPSA) is 76.2 Å². The molecule has 14 heavy (non-hydrogen) atoms. The molecule has 76 valence electrons. The van der Waals surface area contributed by atoms with Crippen LogP contribution in [0.15, 0.2) is 6.20 Å². The van der Waals surface area contributed by atoms with Gasteiger partial charge >= 0.3 is 0 Å². The number of aromatic hydroxyl groups is 1. The molecule has 0 aliphatic carbocycles. The molecule has 3 N–H and O–H groups in total. The van der Waals surface area contributed by atoms with E-state index in [0.717, 1.165) is 6.20 Å². The maximum Gasteiger partial charge on any atom is 0.266 e. The number of pyridine rings is 1. The summed E-state index contributed by atoms with van der Waals surface area (Å²) in [6.45, 7) is -0.115. The fourth-order valence-electron chi connectivity index (χ4n) is 1.02. The van der Waals surface area contributed by atoms with Crippen molar-refractivity contribution in [2.24, 2.45) is 5.73 Å². The van der Waals surface area contributed by atoms with E-state index in [2.05, 4.69) is 4.98 Å². The Balaban J connectivity index is 3.35. The van der Waals surface area contributed by atoms with Crippen LogP contribution in [0, 0.1) is 0 Å². The number of halogens is 2. The second-order valence-corrected chi connectivity index (χ2v) is 2.55. The maximum atomic E-state index is 12.3. The average Bonchev–Trinajstić information content (AvgIpc) is 2.17. The van der Waals surface area contributed by atoms with Gasteiger partial charge in [-0.25, -0.2) is 8.78 Å². The zero-order valence-electron chi connectivity index (χ0n) is 7.08. The number of aldehydes is 1. The van der Waals surface area contributed by atoms with E-state index in [0.29, 0.717) is 0 Å². The highest BCUT2D eigenvalue weighted by Crippen LogP contribution is 2.28. The SMILES string of the molecule is NCc1ncc(C(F)F)c(C=O)c1O. The fourth-order valence-corrected chi connectivity index (χ4v) is 1.02. The van der Waals surface area contributed by atoms with Gasteiger partial charge in [0, 0.05) is 12.7 Å². The van der Waals surface area contributed by atoms with Crippen LogP contribution in [0.25, 0.3) is 0 Å². The van der Waals surface area contributed by atoms with Gasteiger partial charge in [-0.15, -0.1) is 0 Å². The lowest BCUT2D eigenvalue weighted by Crippen LogP contribution is -2.04. The molecule has 0 aromatic carbocycles. The molecule has 0 saturated carbocycles. The first-order valence-electron chi connectivity index (χ1n) is 3.76. The van der Waals surface area contributed by atoms with Crippen LogP contribution < -0.4 is 5.73 Å². The van der Waals surface area contributed by atoms with Crippen LogP contribution in [-0.4, -0.2) is 16.4 Å². The zero-order valence-corrected chi connectivity index (χ0v) is 7.08. The number of alkyl halides is 2. The van der Waals surface area contributed by atoms with Crippen LogP contribution in [0.2, 0.25) is 0 Å². The molecule has 0 amide bonds. The van der Waals surface area contributed by atoms with Crippen molar-refractivity contribution in [1.82, 2.24) is 4.98 Å². The number of nitrogens with two attached hydrogens (primary N) is 1. The number of hydrogen-bond acceptors (Lipinski definition) is 4. The number of hydrogen-bond donors (Lipinski definition) is 2. The maximum absolute atomic E-state index is 12.3. The largest absolute Gasteiger partial charge is 0.505 e. The highest BCUT2D eigenvalue weighted by molar-refractivity contribution is 5.81. The van der Waals surface area contributed by atoms with Crippen LogP contribution in [0.3, 0.4) is 0 Å². The summed E-state index contributed by atoms with van der Waals surface area (Å²) < 4.78 is 24.6. The summed E-state index contributed by atoms with van der Waals surface area (Å²) in [6.07, 6.45) is -1.84. The van der Waals surface area contributed by atoms with E-state index in [1.165, 1.54) is 0 Å². The van der Waals surface area contributed by atoms with Gasteiger partial charge < -0.3 is 10.8 Å². The van der Waals surface area contributed by atoms with Crippen molar-refractivity contribution in [2.45, 2.75) is 13.0 Å². The first-order chi connectivity index (χ1) is 6.61. The molecule has 1 rings (SSSR count). The van der Waals surface area contributed by atoms with Gasteiger partial charge in [0.25, 0.3) is 6.43 Å². The Kier molecular flexibility index (Phi) is 3.08. The van der Waals surface area contributed by atoms with Crippen LogP contribution >= 0.6 is 0 Å². The van der Waals surface area contributed by atoms with Gasteiger partial charge in [0.2, 0.25) is 0 Å². The van der Waals surface area contributed by atoms with Crippen LogP contribution in [0.4, 0.5) is 8.78 Å². The minimum absolute atomic E-state index is 0.0245. The number of nitrogens with zero attached hydrogens (tertiary/aromatic N) is 1. The highest BCUT2D eigenvalue weighted by atomic mass is 19.3. The Labute approximate surface area is 78.4 Å². The van der Waals surface area contributed by atoms with Gasteiger partial charge in [0.15, 0.2) is 6.29 Å². The summed E-state index contributed by atoms with van der Waals surface area (Å²) in [5, 5.41) is 9.31. The Morgan fingerprint density at radius 3 is 2.71 bits per heavy atom. The number of carbonyl (C=O) groups excluding carboxylic acids is 1. The normalized spacial score (nSPS) is 10.6. The summed E-state index contributed by atoms with van der Waals surface area (Å²) in [6, 6.07) is 0. The van der Waals surface area contributed by atoms with Crippen molar-refractivity contribution >= 4 is 6.29 Å². The van der Waals surface area contributed by atoms with Crippen molar-refractivity contribution in [3.63, 3.8) is 0 Å². The molecule has 6 heteroatoms. The average molecular weight is 202 g/mol. The zero-order chi connectivity index (χ0) is 10.7. The standard InChI is InChI=1S/C8H8F2N2O2/c9-8(10)4-2-12-6(1-11)7(14)5(4)3-13/h2-3,8,14H,1,11H2. The van der Waals surface area contributed by atoms with E-state index in [9.17, 15) is 18.7 Å². The summed E-state index contributed by atoms with van der Waals surface area (Å²) >= 11 is 0. The van der Waals surface area contributed by atoms with Crippen LogP contribution in [0.5, 0.6) is 5.75 Å². The van der Waals surface area contributed by atoms with Crippen molar-refractivity contribution in [3.8, 4) is 5.75 Å². The number of carbonyl (C=O) groups is 1. The third kappa shape index (κ3) is 1.69. The van der Waals surface area contributed by atoms with Gasteiger partial charge in [-0.3, -0.25) is 9.78 Å². The van der Waals surface area contributed by atoms with E-state index >= 15 is 0 Å². The third-order valence-corrected chi connectivity index (χ3v) is 1.75. The van der Waals surface area contributed by atoms with Crippen LogP contribution in [-0.2, 0) is 6.54 Å². The molecule has 0 radical (unpaired) electrons. The van der Waals surface area contributed by atoms with Crippen molar-refractivity contribution in [2.75, 3.05) is 0 Å². The molecule has 0 unspecified atom stereocenters. The molecule has 4 nitrogen and oxygen atoms in total. The minimum Gasteiger partial charge on any atom is -0.505 e. The van der Waals surface area contributed by atoms with Gasteiger partial charge in [0.05, 0.1) is 16.8 Å². The summed E-state index contributed by atoms with van der Waals surface area (Å²) in [7, 11) is 0. The first-order valence-corrected chi connectivity index (χ1v) is 3.76. The van der Waals surface area contributed by atoms with Gasteiger partial charge in [0.1, 0.15) is 5.75 Å². The molecule has 0 aliphatic rings. The molecule has 0 spiro atoms. The third-order valence-electron chi connectivity index (χ3n) is 1.75. The summed E-state index contributed by atoms with van der Waals surface area (Å²) in [5.41, 5.74) is 4.16. The number of rotatable bonds is 3. The molecular weight excluding hydrogens is 194 g/mol. The Bertz CT molecular complexity index is 355. The predicted molar refractivity (Wildman–Crippen MR) is 44.1 cm³/mol. The fraction of sp³-hybridized carbons (Fsp3) is 0.250. The van der Waals surface area contributed by atoms with E-state index in [1.807, 2.05) is 0 Å². The van der Waals surface area contributed by atoms with E-state index in [1.54, 1.807) is 0 Å². The Morgan fingerprint density at radius 2 is 2.29 bits per heavy atom. The lowest BCUT2D eigenvalue weighted by molar-refractivity contribution is 0.110.